The molecule has 0 spiro atoms. The van der Waals surface area contributed by atoms with Crippen LogP contribution in [0, 0.1) is 11.3 Å². The highest BCUT2D eigenvalue weighted by Gasteiger charge is 2.14. The number of anilines is 1. The van der Waals surface area contributed by atoms with Gasteiger partial charge in [0.15, 0.2) is 5.88 Å². The van der Waals surface area contributed by atoms with E-state index in [0.29, 0.717) is 16.9 Å². The van der Waals surface area contributed by atoms with Crippen LogP contribution in [0.25, 0.3) is 11.6 Å². The van der Waals surface area contributed by atoms with E-state index in [1.165, 1.54) is 31.4 Å². The molecule has 1 aliphatic heterocycles. The molecule has 24 heavy (non-hydrogen) atoms. The zero-order valence-electron chi connectivity index (χ0n) is 13.2. The second-order valence-electron chi connectivity index (χ2n) is 5.78. The van der Waals surface area contributed by atoms with Crippen molar-refractivity contribution in [1.29, 1.82) is 5.26 Å². The molecule has 0 aliphatic carbocycles. The van der Waals surface area contributed by atoms with E-state index in [0.717, 1.165) is 19.0 Å². The summed E-state index contributed by atoms with van der Waals surface area (Å²) in [6.07, 6.45) is 5.29. The largest absolute Gasteiger partial charge is 0.478 e. The summed E-state index contributed by atoms with van der Waals surface area (Å²) >= 11 is 0. The molecule has 0 atom stereocenters. The molecule has 1 saturated heterocycles. The van der Waals surface area contributed by atoms with Crippen LogP contribution in [0.1, 0.15) is 40.9 Å². The standard InChI is InChI=1S/C19H18N2O3/c20-13-16(14-4-6-15(7-5-14)19(22)23)12-17-8-9-18(24-17)21-10-2-1-3-11-21/h4-9,12H,1-3,10-11H2,(H,22,23)/b16-12-. The molecular formula is C19H18N2O3. The Bertz CT molecular complexity index is 791. The first-order valence-electron chi connectivity index (χ1n) is 7.98. The highest BCUT2D eigenvalue weighted by molar-refractivity contribution is 5.91. The molecule has 1 N–H and O–H groups in total. The maximum Gasteiger partial charge on any atom is 0.335 e. The normalized spacial score (nSPS) is 15.1. The number of nitrogens with zero attached hydrogens (tertiary/aromatic N) is 2. The molecule has 0 bridgehead atoms. The Morgan fingerprint density at radius 3 is 2.38 bits per heavy atom. The van der Waals surface area contributed by atoms with Gasteiger partial charge in [-0.25, -0.2) is 4.79 Å². The van der Waals surface area contributed by atoms with E-state index >= 15 is 0 Å². The lowest BCUT2D eigenvalue weighted by molar-refractivity contribution is 0.0697. The Morgan fingerprint density at radius 1 is 1.08 bits per heavy atom. The molecule has 2 aromatic rings. The van der Waals surface area contributed by atoms with Crippen molar-refractivity contribution in [2.45, 2.75) is 19.3 Å². The van der Waals surface area contributed by atoms with Crippen molar-refractivity contribution in [2.24, 2.45) is 0 Å². The summed E-state index contributed by atoms with van der Waals surface area (Å²) < 4.78 is 5.84. The molecule has 1 aromatic heterocycles. The van der Waals surface area contributed by atoms with Crippen molar-refractivity contribution in [3.05, 3.63) is 53.3 Å². The van der Waals surface area contributed by atoms with Gasteiger partial charge in [-0.3, -0.25) is 0 Å². The van der Waals surface area contributed by atoms with Crippen molar-refractivity contribution in [3.8, 4) is 6.07 Å². The Balaban J connectivity index is 1.81. The maximum atomic E-state index is 10.9. The van der Waals surface area contributed by atoms with Gasteiger partial charge in [-0.15, -0.1) is 0 Å². The van der Waals surface area contributed by atoms with Crippen LogP contribution in [0.3, 0.4) is 0 Å². The van der Waals surface area contributed by atoms with Crippen LogP contribution in [-0.4, -0.2) is 24.2 Å². The lowest BCUT2D eigenvalue weighted by Gasteiger charge is -2.25. The number of carboxylic acid groups (broad SMARTS) is 1. The minimum atomic E-state index is -0.985. The molecule has 0 saturated carbocycles. The molecule has 3 rings (SSSR count). The first-order valence-corrected chi connectivity index (χ1v) is 7.98. The number of furan rings is 1. The van der Waals surface area contributed by atoms with Gasteiger partial charge in [0, 0.05) is 19.2 Å². The fourth-order valence-electron chi connectivity index (χ4n) is 2.82. The lowest BCUT2D eigenvalue weighted by Crippen LogP contribution is -2.28. The monoisotopic (exact) mass is 322 g/mol. The molecule has 1 fully saturated rings. The third-order valence-electron chi connectivity index (χ3n) is 4.13. The molecule has 0 amide bonds. The highest BCUT2D eigenvalue weighted by Crippen LogP contribution is 2.25. The lowest BCUT2D eigenvalue weighted by atomic mass is 10.0. The van der Waals surface area contributed by atoms with Gasteiger partial charge in [0.2, 0.25) is 0 Å². The van der Waals surface area contributed by atoms with E-state index in [4.69, 9.17) is 9.52 Å². The SMILES string of the molecule is N#C/C(=C/c1ccc(N2CCCCC2)o1)c1ccc(C(=O)O)cc1. The summed E-state index contributed by atoms with van der Waals surface area (Å²) in [4.78, 5) is 13.1. The first kappa shape index (κ1) is 15.9. The summed E-state index contributed by atoms with van der Waals surface area (Å²) in [6, 6.07) is 12.2. The van der Waals surface area contributed by atoms with Gasteiger partial charge in [0.05, 0.1) is 17.2 Å². The third-order valence-corrected chi connectivity index (χ3v) is 4.13. The van der Waals surface area contributed by atoms with Gasteiger partial charge in [-0.1, -0.05) is 12.1 Å². The van der Waals surface area contributed by atoms with Crippen molar-refractivity contribution in [3.63, 3.8) is 0 Å². The zero-order chi connectivity index (χ0) is 16.9. The predicted octanol–water partition coefficient (Wildman–Crippen LogP) is 4.03. The number of hydrogen-bond donors (Lipinski definition) is 1. The molecule has 2 heterocycles. The van der Waals surface area contributed by atoms with Crippen LogP contribution in [0.4, 0.5) is 5.88 Å². The van der Waals surface area contributed by atoms with Gasteiger partial charge >= 0.3 is 5.97 Å². The van der Waals surface area contributed by atoms with Crippen LogP contribution < -0.4 is 4.90 Å². The maximum absolute atomic E-state index is 10.9. The number of carboxylic acids is 1. The smallest absolute Gasteiger partial charge is 0.335 e. The van der Waals surface area contributed by atoms with Crippen LogP contribution >= 0.6 is 0 Å². The second kappa shape index (κ2) is 7.05. The summed E-state index contributed by atoms with van der Waals surface area (Å²) in [5, 5.41) is 18.3. The van der Waals surface area contributed by atoms with Gasteiger partial charge in [0.25, 0.3) is 0 Å². The molecular weight excluding hydrogens is 304 g/mol. The fourth-order valence-corrected chi connectivity index (χ4v) is 2.82. The number of nitriles is 1. The summed E-state index contributed by atoms with van der Waals surface area (Å²) in [7, 11) is 0. The summed E-state index contributed by atoms with van der Waals surface area (Å²) in [5.41, 5.74) is 1.30. The van der Waals surface area contributed by atoms with Crippen molar-refractivity contribution < 1.29 is 14.3 Å². The topological polar surface area (TPSA) is 77.5 Å². The summed E-state index contributed by atoms with van der Waals surface area (Å²) in [6.45, 7) is 2.00. The van der Waals surface area contributed by atoms with Crippen molar-refractivity contribution in [1.82, 2.24) is 0 Å². The molecule has 1 aromatic carbocycles. The van der Waals surface area contributed by atoms with Gasteiger partial charge in [-0.2, -0.15) is 5.26 Å². The number of benzene rings is 1. The number of rotatable bonds is 4. The molecule has 0 radical (unpaired) electrons. The quantitative estimate of drug-likeness (QED) is 0.860. The molecule has 5 heteroatoms. The minimum absolute atomic E-state index is 0.196. The minimum Gasteiger partial charge on any atom is -0.478 e. The Labute approximate surface area is 140 Å². The van der Waals surface area contributed by atoms with E-state index in [1.54, 1.807) is 18.2 Å². The van der Waals surface area contributed by atoms with Crippen LogP contribution in [0.5, 0.6) is 0 Å². The highest BCUT2D eigenvalue weighted by atomic mass is 16.4. The average molecular weight is 322 g/mol. The summed E-state index contributed by atoms with van der Waals surface area (Å²) in [5.74, 6) is 0.468. The average Bonchev–Trinajstić information content (AvgIpc) is 3.09. The van der Waals surface area contributed by atoms with Crippen molar-refractivity contribution >= 4 is 23.5 Å². The van der Waals surface area contributed by atoms with E-state index < -0.39 is 5.97 Å². The zero-order valence-corrected chi connectivity index (χ0v) is 13.2. The molecule has 122 valence electrons. The number of carbonyl (C=O) groups is 1. The first-order chi connectivity index (χ1) is 11.7. The number of allylic oxidation sites excluding steroid dienone is 1. The van der Waals surface area contributed by atoms with E-state index in [2.05, 4.69) is 11.0 Å². The van der Waals surface area contributed by atoms with Gasteiger partial charge in [0.1, 0.15) is 5.76 Å². The number of aromatic carboxylic acids is 1. The molecule has 5 nitrogen and oxygen atoms in total. The second-order valence-corrected chi connectivity index (χ2v) is 5.78. The fraction of sp³-hybridized carbons (Fsp3) is 0.263. The number of piperidine rings is 1. The Hall–Kier alpha value is -3.00. The van der Waals surface area contributed by atoms with E-state index in [9.17, 15) is 10.1 Å². The van der Waals surface area contributed by atoms with Gasteiger partial charge in [-0.05, 0) is 49.1 Å². The van der Waals surface area contributed by atoms with E-state index in [-0.39, 0.29) is 5.56 Å². The van der Waals surface area contributed by atoms with Gasteiger partial charge < -0.3 is 14.4 Å². The van der Waals surface area contributed by atoms with E-state index in [1.807, 2.05) is 12.1 Å². The Morgan fingerprint density at radius 2 is 1.75 bits per heavy atom. The van der Waals surface area contributed by atoms with Crippen LogP contribution in [0.2, 0.25) is 0 Å². The van der Waals surface area contributed by atoms with Crippen molar-refractivity contribution in [2.75, 3.05) is 18.0 Å². The number of hydrogen-bond acceptors (Lipinski definition) is 4. The third kappa shape index (κ3) is 3.49. The molecule has 0 unspecified atom stereocenters. The van der Waals surface area contributed by atoms with Crippen LogP contribution in [-0.2, 0) is 0 Å². The molecule has 1 aliphatic rings. The Kier molecular flexibility index (Phi) is 4.66. The van der Waals surface area contributed by atoms with Crippen LogP contribution in [0.15, 0.2) is 40.8 Å². The predicted molar refractivity (Wildman–Crippen MR) is 91.7 cm³/mol.